The maximum atomic E-state index is 12.9. The minimum atomic E-state index is 0.0626. The predicted molar refractivity (Wildman–Crippen MR) is 127 cm³/mol. The minimum absolute atomic E-state index is 0.0626. The van der Waals surface area contributed by atoms with Crippen molar-refractivity contribution in [3.63, 3.8) is 0 Å². The van der Waals surface area contributed by atoms with Gasteiger partial charge in [0.2, 0.25) is 0 Å². The second-order valence-electron chi connectivity index (χ2n) is 7.72. The first kappa shape index (κ1) is 20.5. The number of hydrogen-bond acceptors (Lipinski definition) is 6. The molecule has 8 heteroatoms. The van der Waals surface area contributed by atoms with Crippen LogP contribution in [0.4, 0.5) is 5.13 Å². The zero-order chi connectivity index (χ0) is 22.1. The van der Waals surface area contributed by atoms with Crippen molar-refractivity contribution in [2.75, 3.05) is 37.7 Å². The number of ether oxygens (including phenoxy) is 1. The summed E-state index contributed by atoms with van der Waals surface area (Å²) in [7, 11) is 0. The third kappa shape index (κ3) is 3.82. The van der Waals surface area contributed by atoms with Gasteiger partial charge in [-0.25, -0.2) is 4.68 Å². The molecule has 0 aliphatic carbocycles. The van der Waals surface area contributed by atoms with E-state index in [-0.39, 0.29) is 5.91 Å². The van der Waals surface area contributed by atoms with Gasteiger partial charge in [-0.15, -0.1) is 0 Å². The Balaban J connectivity index is 1.29. The Morgan fingerprint density at radius 1 is 1.03 bits per heavy atom. The molecule has 2 aromatic carbocycles. The van der Waals surface area contributed by atoms with Crippen LogP contribution in [0.15, 0.2) is 54.6 Å². The monoisotopic (exact) mass is 447 g/mol. The van der Waals surface area contributed by atoms with E-state index in [0.29, 0.717) is 25.3 Å². The molecule has 2 aromatic heterocycles. The normalized spacial score (nSPS) is 14.2. The molecule has 7 nitrogen and oxygen atoms in total. The molecule has 164 valence electrons. The van der Waals surface area contributed by atoms with Crippen molar-refractivity contribution in [1.29, 1.82) is 0 Å². The van der Waals surface area contributed by atoms with Crippen LogP contribution in [0, 0.1) is 6.92 Å². The number of carbonyl (C=O) groups excluding carboxylic acids is 1. The number of fused-ring (bicyclic) bond motifs is 1. The maximum absolute atomic E-state index is 12.9. The predicted octanol–water partition coefficient (Wildman–Crippen LogP) is 4.15. The molecular weight excluding hydrogens is 422 g/mol. The van der Waals surface area contributed by atoms with E-state index >= 15 is 0 Å². The average molecular weight is 448 g/mol. The van der Waals surface area contributed by atoms with E-state index in [2.05, 4.69) is 10.00 Å². The third-order valence-corrected chi connectivity index (χ3v) is 6.84. The first-order valence-corrected chi connectivity index (χ1v) is 11.6. The molecule has 1 fully saturated rings. The van der Waals surface area contributed by atoms with Crippen LogP contribution in [-0.4, -0.2) is 58.4 Å². The number of nitrogens with zero attached hydrogens (tertiary/aromatic N) is 5. The lowest BCUT2D eigenvalue weighted by Gasteiger charge is -2.34. The molecule has 0 bridgehead atoms. The van der Waals surface area contributed by atoms with Gasteiger partial charge in [0.05, 0.1) is 22.7 Å². The summed E-state index contributed by atoms with van der Waals surface area (Å²) in [5, 5.41) is 5.66. The van der Waals surface area contributed by atoms with Crippen LogP contribution in [0.5, 0.6) is 5.75 Å². The molecule has 4 aromatic rings. The van der Waals surface area contributed by atoms with Gasteiger partial charge in [0.15, 0.2) is 10.8 Å². The highest BCUT2D eigenvalue weighted by molar-refractivity contribution is 7.22. The number of para-hydroxylation sites is 1. The Morgan fingerprint density at radius 3 is 2.44 bits per heavy atom. The highest BCUT2D eigenvalue weighted by Crippen LogP contribution is 2.33. The fourth-order valence-corrected chi connectivity index (χ4v) is 4.99. The number of hydrogen-bond donors (Lipinski definition) is 0. The summed E-state index contributed by atoms with van der Waals surface area (Å²) < 4.78 is 8.49. The number of benzene rings is 2. The molecular formula is C24H25N5O2S. The van der Waals surface area contributed by atoms with Crippen molar-refractivity contribution in [2.45, 2.75) is 13.8 Å². The number of thiazole rings is 1. The second kappa shape index (κ2) is 8.63. The number of rotatable bonds is 5. The van der Waals surface area contributed by atoms with Gasteiger partial charge in [0.25, 0.3) is 5.91 Å². The molecule has 0 N–H and O–H groups in total. The summed E-state index contributed by atoms with van der Waals surface area (Å²) in [5.41, 5.74) is 3.58. The Labute approximate surface area is 190 Å². The summed E-state index contributed by atoms with van der Waals surface area (Å²) in [6.07, 6.45) is 0. The summed E-state index contributed by atoms with van der Waals surface area (Å²) in [5.74, 6) is 0.849. The summed E-state index contributed by atoms with van der Waals surface area (Å²) >= 11 is 1.67. The number of piperazine rings is 1. The molecule has 0 unspecified atom stereocenters. The quantitative estimate of drug-likeness (QED) is 0.460. The second-order valence-corrected chi connectivity index (χ2v) is 8.70. The van der Waals surface area contributed by atoms with Crippen LogP contribution < -0.4 is 9.64 Å². The highest BCUT2D eigenvalue weighted by atomic mass is 32.1. The number of amides is 1. The standard InChI is InChI=1S/C24H25N5O2S/c1-3-31-20-11-9-18(10-12-20)23(30)27-13-15-28(16-14-27)24-25-22-21(32-24)17(2)26-29(22)19-7-5-4-6-8-19/h4-12H,3,13-16H2,1-2H3. The highest BCUT2D eigenvalue weighted by Gasteiger charge is 2.25. The lowest BCUT2D eigenvalue weighted by Crippen LogP contribution is -2.48. The molecule has 0 spiro atoms. The topological polar surface area (TPSA) is 63.5 Å². The van der Waals surface area contributed by atoms with Gasteiger partial charge in [-0.1, -0.05) is 29.5 Å². The largest absolute Gasteiger partial charge is 0.494 e. The van der Waals surface area contributed by atoms with Crippen molar-refractivity contribution in [1.82, 2.24) is 19.7 Å². The lowest BCUT2D eigenvalue weighted by molar-refractivity contribution is 0.0746. The van der Waals surface area contributed by atoms with Gasteiger partial charge < -0.3 is 14.5 Å². The maximum Gasteiger partial charge on any atom is 0.253 e. The van der Waals surface area contributed by atoms with E-state index in [1.54, 1.807) is 11.3 Å². The molecule has 5 rings (SSSR count). The first-order chi connectivity index (χ1) is 15.6. The van der Waals surface area contributed by atoms with Crippen LogP contribution in [0.1, 0.15) is 23.0 Å². The van der Waals surface area contributed by atoms with Gasteiger partial charge in [-0.05, 0) is 50.2 Å². The van der Waals surface area contributed by atoms with Crippen LogP contribution in [0.3, 0.4) is 0 Å². The Hall–Kier alpha value is -3.39. The fourth-order valence-electron chi connectivity index (χ4n) is 3.95. The summed E-state index contributed by atoms with van der Waals surface area (Å²) in [6.45, 7) is 7.45. The van der Waals surface area contributed by atoms with E-state index in [9.17, 15) is 4.79 Å². The molecule has 3 heterocycles. The van der Waals surface area contributed by atoms with E-state index in [4.69, 9.17) is 9.72 Å². The number of aromatic nitrogens is 3. The molecule has 0 saturated carbocycles. The van der Waals surface area contributed by atoms with Gasteiger partial charge in [-0.2, -0.15) is 10.1 Å². The van der Waals surface area contributed by atoms with E-state index in [0.717, 1.165) is 45.7 Å². The van der Waals surface area contributed by atoms with Crippen LogP contribution in [0.25, 0.3) is 16.0 Å². The van der Waals surface area contributed by atoms with E-state index < -0.39 is 0 Å². The zero-order valence-corrected chi connectivity index (χ0v) is 19.0. The minimum Gasteiger partial charge on any atom is -0.494 e. The summed E-state index contributed by atoms with van der Waals surface area (Å²) in [6, 6.07) is 17.5. The Morgan fingerprint density at radius 2 is 1.75 bits per heavy atom. The van der Waals surface area contributed by atoms with Gasteiger partial charge in [0.1, 0.15) is 5.75 Å². The van der Waals surface area contributed by atoms with E-state index in [1.165, 1.54) is 0 Å². The van der Waals surface area contributed by atoms with Gasteiger partial charge in [0, 0.05) is 31.7 Å². The third-order valence-electron chi connectivity index (χ3n) is 5.63. The Kier molecular flexibility index (Phi) is 5.53. The Bertz CT molecular complexity index is 1220. The van der Waals surface area contributed by atoms with Crippen LogP contribution in [-0.2, 0) is 0 Å². The molecule has 0 radical (unpaired) electrons. The van der Waals surface area contributed by atoms with Gasteiger partial charge in [-0.3, -0.25) is 4.79 Å². The van der Waals surface area contributed by atoms with Crippen LogP contribution in [0.2, 0.25) is 0 Å². The summed E-state index contributed by atoms with van der Waals surface area (Å²) in [4.78, 5) is 22.0. The molecule has 1 aliphatic heterocycles. The van der Waals surface area contributed by atoms with Gasteiger partial charge >= 0.3 is 0 Å². The number of carbonyl (C=O) groups is 1. The number of aryl methyl sites for hydroxylation is 1. The fraction of sp³-hybridized carbons (Fsp3) is 0.292. The van der Waals surface area contributed by atoms with Crippen molar-refractivity contribution < 1.29 is 9.53 Å². The number of anilines is 1. The van der Waals surface area contributed by atoms with E-state index in [1.807, 2.05) is 78.0 Å². The SMILES string of the molecule is CCOc1ccc(C(=O)N2CCN(c3nc4c(s3)c(C)nn4-c3ccccc3)CC2)cc1. The molecule has 1 saturated heterocycles. The zero-order valence-electron chi connectivity index (χ0n) is 18.2. The first-order valence-electron chi connectivity index (χ1n) is 10.8. The van der Waals surface area contributed by atoms with Crippen LogP contribution >= 0.6 is 11.3 Å². The molecule has 32 heavy (non-hydrogen) atoms. The lowest BCUT2D eigenvalue weighted by atomic mass is 10.1. The van der Waals surface area contributed by atoms with Crippen molar-refractivity contribution in [3.8, 4) is 11.4 Å². The van der Waals surface area contributed by atoms with Crippen molar-refractivity contribution >= 4 is 32.7 Å². The molecule has 1 aliphatic rings. The van der Waals surface area contributed by atoms with Crippen molar-refractivity contribution in [3.05, 3.63) is 65.9 Å². The average Bonchev–Trinajstić information content (AvgIpc) is 3.41. The molecule has 0 atom stereocenters. The van der Waals surface area contributed by atoms with Crippen molar-refractivity contribution in [2.24, 2.45) is 0 Å². The molecule has 1 amide bonds. The smallest absolute Gasteiger partial charge is 0.253 e.